The van der Waals surface area contributed by atoms with Gasteiger partial charge in [-0.1, -0.05) is 0 Å². The molecule has 2 rings (SSSR count). The Hall–Kier alpha value is -1.75. The molecule has 1 unspecified atom stereocenters. The van der Waals surface area contributed by atoms with Gasteiger partial charge in [-0.15, -0.1) is 11.3 Å². The summed E-state index contributed by atoms with van der Waals surface area (Å²) in [5.41, 5.74) is 1.08. The maximum Gasteiger partial charge on any atom is 0.183 e. The first-order chi connectivity index (χ1) is 8.74. The first-order valence-electron chi connectivity index (χ1n) is 5.62. The number of nitrogens with zero attached hydrogens (tertiary/aromatic N) is 1. The number of hydrogen-bond donors (Lipinski definition) is 1. The van der Waals surface area contributed by atoms with Crippen LogP contribution in [-0.2, 0) is 0 Å². The molecule has 0 spiro atoms. The van der Waals surface area contributed by atoms with Crippen LogP contribution in [0.2, 0.25) is 0 Å². The quantitative estimate of drug-likeness (QED) is 0.899. The largest absolute Gasteiger partial charge is 0.497 e. The van der Waals surface area contributed by atoms with E-state index in [0.29, 0.717) is 0 Å². The summed E-state index contributed by atoms with van der Waals surface area (Å²) in [6.07, 6.45) is 1.78. The average molecular weight is 264 g/mol. The average Bonchev–Trinajstić information content (AvgIpc) is 2.90. The fraction of sp³-hybridized carbons (Fsp3) is 0.308. The van der Waals surface area contributed by atoms with Crippen LogP contribution in [0.4, 0.5) is 5.13 Å². The Morgan fingerprint density at radius 1 is 1.28 bits per heavy atom. The molecule has 0 fully saturated rings. The lowest BCUT2D eigenvalue weighted by atomic mass is 10.1. The van der Waals surface area contributed by atoms with Gasteiger partial charge in [-0.3, -0.25) is 0 Å². The molecular formula is C13H16N2O2S. The molecule has 96 valence electrons. The van der Waals surface area contributed by atoms with Crippen LogP contribution < -0.4 is 14.8 Å². The highest BCUT2D eigenvalue weighted by Crippen LogP contribution is 2.31. The third-order valence-corrected chi connectivity index (χ3v) is 3.38. The van der Waals surface area contributed by atoms with Crippen LogP contribution in [-0.4, -0.2) is 19.2 Å². The lowest BCUT2D eigenvalue weighted by Crippen LogP contribution is -2.08. The molecule has 0 bridgehead atoms. The van der Waals surface area contributed by atoms with Crippen molar-refractivity contribution in [3.63, 3.8) is 0 Å². The van der Waals surface area contributed by atoms with Crippen molar-refractivity contribution in [1.82, 2.24) is 4.98 Å². The summed E-state index contributed by atoms with van der Waals surface area (Å²) in [5.74, 6) is 1.60. The molecule has 0 aliphatic heterocycles. The van der Waals surface area contributed by atoms with Gasteiger partial charge < -0.3 is 14.8 Å². The van der Waals surface area contributed by atoms with Gasteiger partial charge in [-0.05, 0) is 19.1 Å². The minimum Gasteiger partial charge on any atom is -0.497 e. The molecule has 1 aromatic heterocycles. The van der Waals surface area contributed by atoms with Crippen molar-refractivity contribution >= 4 is 16.5 Å². The van der Waals surface area contributed by atoms with Crippen molar-refractivity contribution < 1.29 is 9.47 Å². The molecule has 0 radical (unpaired) electrons. The monoisotopic (exact) mass is 264 g/mol. The fourth-order valence-corrected chi connectivity index (χ4v) is 2.35. The number of aromatic nitrogens is 1. The molecule has 2 aromatic rings. The number of methoxy groups -OCH3 is 2. The van der Waals surface area contributed by atoms with E-state index in [1.165, 1.54) is 0 Å². The highest BCUT2D eigenvalue weighted by molar-refractivity contribution is 7.13. The van der Waals surface area contributed by atoms with Gasteiger partial charge >= 0.3 is 0 Å². The normalized spacial score (nSPS) is 11.9. The zero-order valence-corrected chi connectivity index (χ0v) is 11.5. The Bertz CT molecular complexity index is 500. The number of nitrogens with one attached hydrogen (secondary N) is 1. The smallest absolute Gasteiger partial charge is 0.183 e. The summed E-state index contributed by atoms with van der Waals surface area (Å²) in [6, 6.07) is 5.94. The highest BCUT2D eigenvalue weighted by atomic mass is 32.1. The van der Waals surface area contributed by atoms with E-state index in [4.69, 9.17) is 9.47 Å². The predicted molar refractivity (Wildman–Crippen MR) is 73.7 cm³/mol. The fourth-order valence-electron chi connectivity index (χ4n) is 1.73. The van der Waals surface area contributed by atoms with Crippen LogP contribution in [0, 0.1) is 0 Å². The van der Waals surface area contributed by atoms with Gasteiger partial charge in [0.05, 0.1) is 20.3 Å². The van der Waals surface area contributed by atoms with Crippen LogP contribution >= 0.6 is 11.3 Å². The van der Waals surface area contributed by atoms with E-state index in [1.54, 1.807) is 31.8 Å². The van der Waals surface area contributed by atoms with Crippen LogP contribution in [0.5, 0.6) is 11.5 Å². The molecule has 1 N–H and O–H groups in total. The first kappa shape index (κ1) is 12.7. The van der Waals surface area contributed by atoms with Gasteiger partial charge in [0.1, 0.15) is 11.5 Å². The topological polar surface area (TPSA) is 43.4 Å². The summed E-state index contributed by atoms with van der Waals surface area (Å²) >= 11 is 1.58. The predicted octanol–water partition coefficient (Wildman–Crippen LogP) is 3.33. The van der Waals surface area contributed by atoms with E-state index in [-0.39, 0.29) is 6.04 Å². The maximum atomic E-state index is 5.39. The summed E-state index contributed by atoms with van der Waals surface area (Å²) in [4.78, 5) is 4.21. The highest BCUT2D eigenvalue weighted by Gasteiger charge is 2.13. The van der Waals surface area contributed by atoms with Crippen molar-refractivity contribution in [1.29, 1.82) is 0 Å². The van der Waals surface area contributed by atoms with E-state index in [2.05, 4.69) is 17.2 Å². The summed E-state index contributed by atoms with van der Waals surface area (Å²) in [5, 5.41) is 6.18. The van der Waals surface area contributed by atoms with Gasteiger partial charge in [-0.2, -0.15) is 0 Å². The maximum absolute atomic E-state index is 5.39. The van der Waals surface area contributed by atoms with Gasteiger partial charge in [0, 0.05) is 23.2 Å². The third-order valence-electron chi connectivity index (χ3n) is 2.68. The molecule has 4 nitrogen and oxygen atoms in total. The van der Waals surface area contributed by atoms with Crippen LogP contribution in [0.3, 0.4) is 0 Å². The Kier molecular flexibility index (Phi) is 4.04. The molecule has 0 aliphatic rings. The zero-order chi connectivity index (χ0) is 13.0. The van der Waals surface area contributed by atoms with Crippen LogP contribution in [0.25, 0.3) is 0 Å². The first-order valence-corrected chi connectivity index (χ1v) is 6.50. The second-order valence-electron chi connectivity index (χ2n) is 3.81. The van der Waals surface area contributed by atoms with Crippen molar-refractivity contribution in [2.45, 2.75) is 13.0 Å². The number of ether oxygens (including phenoxy) is 2. The molecule has 0 saturated heterocycles. The lowest BCUT2D eigenvalue weighted by Gasteiger charge is -2.17. The molecular weight excluding hydrogens is 248 g/mol. The Balaban J connectivity index is 2.21. The molecule has 18 heavy (non-hydrogen) atoms. The van der Waals surface area contributed by atoms with E-state index < -0.39 is 0 Å². The Labute approximate surface area is 111 Å². The van der Waals surface area contributed by atoms with Crippen molar-refractivity contribution in [3.8, 4) is 11.5 Å². The SMILES string of the molecule is COc1ccc(C(C)Nc2nccs2)c(OC)c1. The van der Waals surface area contributed by atoms with Crippen molar-refractivity contribution in [2.75, 3.05) is 19.5 Å². The molecule has 1 aromatic carbocycles. The van der Waals surface area contributed by atoms with Crippen molar-refractivity contribution in [3.05, 3.63) is 35.3 Å². The van der Waals surface area contributed by atoms with Crippen LogP contribution in [0.15, 0.2) is 29.8 Å². The number of rotatable bonds is 5. The number of thiazole rings is 1. The Morgan fingerprint density at radius 3 is 2.72 bits per heavy atom. The number of anilines is 1. The molecule has 0 saturated carbocycles. The second kappa shape index (κ2) is 5.73. The minimum atomic E-state index is 0.122. The number of benzene rings is 1. The van der Waals surface area contributed by atoms with Gasteiger partial charge in [-0.25, -0.2) is 4.98 Å². The molecule has 1 atom stereocenters. The van der Waals surface area contributed by atoms with Gasteiger partial charge in [0.15, 0.2) is 5.13 Å². The number of hydrogen-bond acceptors (Lipinski definition) is 5. The third kappa shape index (κ3) is 2.73. The van der Waals surface area contributed by atoms with E-state index >= 15 is 0 Å². The Morgan fingerprint density at radius 2 is 2.11 bits per heavy atom. The van der Waals surface area contributed by atoms with E-state index in [1.807, 2.05) is 23.6 Å². The van der Waals surface area contributed by atoms with E-state index in [9.17, 15) is 0 Å². The van der Waals surface area contributed by atoms with Crippen LogP contribution in [0.1, 0.15) is 18.5 Å². The summed E-state index contributed by atoms with van der Waals surface area (Å²) in [6.45, 7) is 2.08. The summed E-state index contributed by atoms with van der Waals surface area (Å²) < 4.78 is 10.6. The molecule has 0 aliphatic carbocycles. The van der Waals surface area contributed by atoms with Gasteiger partial charge in [0.2, 0.25) is 0 Å². The molecule has 1 heterocycles. The lowest BCUT2D eigenvalue weighted by molar-refractivity contribution is 0.390. The zero-order valence-electron chi connectivity index (χ0n) is 10.6. The molecule has 5 heteroatoms. The standard InChI is InChI=1S/C13H16N2O2S/c1-9(15-13-14-6-7-18-13)11-5-4-10(16-2)8-12(11)17-3/h4-9H,1-3H3,(H,14,15). The van der Waals surface area contributed by atoms with Gasteiger partial charge in [0.25, 0.3) is 0 Å². The molecule has 0 amide bonds. The van der Waals surface area contributed by atoms with Crippen molar-refractivity contribution in [2.24, 2.45) is 0 Å². The van der Waals surface area contributed by atoms with E-state index in [0.717, 1.165) is 22.2 Å². The second-order valence-corrected chi connectivity index (χ2v) is 4.71. The summed E-state index contributed by atoms with van der Waals surface area (Å²) in [7, 11) is 3.31. The minimum absolute atomic E-state index is 0.122.